The van der Waals surface area contributed by atoms with Gasteiger partial charge < -0.3 is 42.6 Å². The predicted molar refractivity (Wildman–Crippen MR) is 270 cm³/mol. The average Bonchev–Trinajstić information content (AvgIpc) is 4.13. The molecule has 0 radical (unpaired) electrons. The fraction of sp³-hybridized carbons (Fsp3) is 0.707. The first-order chi connectivity index (χ1) is 36.5. The summed E-state index contributed by atoms with van der Waals surface area (Å²) >= 11 is 0. The Morgan fingerprint density at radius 2 is 1.09 bits per heavy atom. The molecule has 0 aliphatic carbocycles. The van der Waals surface area contributed by atoms with Crippen LogP contribution in [0.1, 0.15) is 173 Å². The highest BCUT2D eigenvalue weighted by Gasteiger charge is 2.65. The van der Waals surface area contributed by atoms with Crippen LogP contribution in [0.4, 0.5) is 26.3 Å². The molecule has 0 saturated carbocycles. The number of methoxy groups -OCH3 is 2. The van der Waals surface area contributed by atoms with Crippen molar-refractivity contribution in [1.82, 2.24) is 0 Å². The van der Waals surface area contributed by atoms with Crippen LogP contribution in [0.2, 0.25) is 0 Å². The SMILES string of the molecule is CCCCCCCCCC[C@@H](OC(=O)[C@@](OC)(c1ccccc1)C(F)(F)F)[C@H]1CC[C@H]([C@H]2CC[C@@H]([C@@H]3CC[C@@H](CCCCCCC[C@H](CC4=C[C@H](C)OC4=O)OC(=O)[C@@](OC)(c4ccccc4)C(F)(F)F)O3)OCO2)O1. The minimum Gasteiger partial charge on any atom is -0.459 e. The maximum absolute atomic E-state index is 14.9. The zero-order valence-electron chi connectivity index (χ0n) is 44.7. The van der Waals surface area contributed by atoms with E-state index < -0.39 is 71.4 Å². The number of alkyl halides is 6. The molecule has 3 fully saturated rings. The predicted octanol–water partition coefficient (Wildman–Crippen LogP) is 13.2. The third-order valence-corrected chi connectivity index (χ3v) is 15.5. The molecule has 12 nitrogen and oxygen atoms in total. The number of carbonyl (C=O) groups excluding carboxylic acids is 3. The molecule has 0 unspecified atom stereocenters. The number of hydrogen-bond donors (Lipinski definition) is 0. The Labute approximate surface area is 444 Å². The number of rotatable bonds is 30. The summed E-state index contributed by atoms with van der Waals surface area (Å²) in [6.07, 6.45) is 4.77. The van der Waals surface area contributed by atoms with Gasteiger partial charge in [0, 0.05) is 37.3 Å². The first kappa shape index (κ1) is 61.1. The lowest BCUT2D eigenvalue weighted by molar-refractivity contribution is -0.280. The van der Waals surface area contributed by atoms with E-state index in [4.69, 9.17) is 42.6 Å². The number of carbonyl (C=O) groups is 3. The van der Waals surface area contributed by atoms with Crippen molar-refractivity contribution in [1.29, 1.82) is 0 Å². The number of esters is 3. The van der Waals surface area contributed by atoms with Crippen molar-refractivity contribution in [2.45, 2.75) is 240 Å². The molecule has 2 aromatic rings. The molecule has 76 heavy (non-hydrogen) atoms. The van der Waals surface area contributed by atoms with Gasteiger partial charge in [-0.15, -0.1) is 0 Å². The van der Waals surface area contributed by atoms with Crippen molar-refractivity contribution in [3.63, 3.8) is 0 Å². The lowest BCUT2D eigenvalue weighted by atomic mass is 9.92. The van der Waals surface area contributed by atoms with Crippen LogP contribution in [0, 0.1) is 0 Å². The van der Waals surface area contributed by atoms with Gasteiger partial charge in [-0.25, -0.2) is 14.4 Å². The van der Waals surface area contributed by atoms with Gasteiger partial charge >= 0.3 is 30.3 Å². The van der Waals surface area contributed by atoms with E-state index in [2.05, 4.69) is 6.92 Å². The standard InChI is InChI=1S/C58H80F6O12/c1-5-6-7-8-9-10-14-23-30-48(76-54(67)56(69-4,58(62,63)64)43-26-19-16-20-27-43)51-36-35-50(75-51)47-34-33-46(70-39-71-47)49-32-31-44(73-49)28-21-12-11-13-22-29-45(38-41-37-40(2)72-52(41)65)74-53(66)55(68-3,57(59,60)61)42-24-17-15-18-25-42/h15-20,24-27,37,40,44-51H,5-14,21-23,28-36,38-39H2,1-4H3/t40-,44+,45+,46-,47+,48+,49-,50+,51+,55-,56-/m0/s1. The second-order valence-electron chi connectivity index (χ2n) is 20.9. The van der Waals surface area contributed by atoms with Gasteiger partial charge in [-0.2, -0.15) is 26.3 Å². The highest BCUT2D eigenvalue weighted by Crippen LogP contribution is 2.46. The number of hydrogen-bond acceptors (Lipinski definition) is 12. The van der Waals surface area contributed by atoms with Gasteiger partial charge in [0.2, 0.25) is 0 Å². The van der Waals surface area contributed by atoms with Crippen LogP contribution in [0.15, 0.2) is 72.3 Å². The van der Waals surface area contributed by atoms with Gasteiger partial charge in [-0.05, 0) is 83.6 Å². The monoisotopic (exact) mass is 1080 g/mol. The molecule has 4 heterocycles. The average molecular weight is 1080 g/mol. The van der Waals surface area contributed by atoms with Gasteiger partial charge in [0.15, 0.2) is 0 Å². The normalized spacial score (nSPS) is 25.7. The number of cyclic esters (lactones) is 1. The van der Waals surface area contributed by atoms with Crippen LogP contribution in [-0.4, -0.2) is 106 Å². The summed E-state index contributed by atoms with van der Waals surface area (Å²) in [5.74, 6) is -3.71. The molecular formula is C58H80F6O12. The summed E-state index contributed by atoms with van der Waals surface area (Å²) in [7, 11) is 1.69. The van der Waals surface area contributed by atoms with Crippen molar-refractivity contribution in [2.75, 3.05) is 21.0 Å². The van der Waals surface area contributed by atoms with E-state index in [0.29, 0.717) is 44.9 Å². The summed E-state index contributed by atoms with van der Waals surface area (Å²) in [6, 6.07) is 13.5. The molecule has 2 aromatic carbocycles. The van der Waals surface area contributed by atoms with Crippen LogP contribution in [0.3, 0.4) is 0 Å². The third-order valence-electron chi connectivity index (χ3n) is 15.5. The molecular weight excluding hydrogens is 1000 g/mol. The van der Waals surface area contributed by atoms with Gasteiger partial charge in [-0.3, -0.25) is 0 Å². The minimum absolute atomic E-state index is 0.0313. The van der Waals surface area contributed by atoms with Crippen LogP contribution >= 0.6 is 0 Å². The lowest BCUT2D eigenvalue weighted by Gasteiger charge is -2.35. The summed E-state index contributed by atoms with van der Waals surface area (Å²) in [4.78, 5) is 39.8. The van der Waals surface area contributed by atoms with Gasteiger partial charge in [0.1, 0.15) is 25.1 Å². The van der Waals surface area contributed by atoms with E-state index >= 15 is 0 Å². The second kappa shape index (κ2) is 29.2. The Kier molecular flexibility index (Phi) is 23.5. The van der Waals surface area contributed by atoms with Crippen LogP contribution < -0.4 is 0 Å². The highest BCUT2D eigenvalue weighted by molar-refractivity contribution is 5.91. The molecule has 11 atom stereocenters. The van der Waals surface area contributed by atoms with E-state index in [1.807, 2.05) is 0 Å². The summed E-state index contributed by atoms with van der Waals surface area (Å²) < 4.78 is 141. The van der Waals surface area contributed by atoms with Gasteiger partial charge in [0.05, 0.1) is 36.6 Å². The molecule has 0 bridgehead atoms. The molecule has 3 saturated heterocycles. The van der Waals surface area contributed by atoms with E-state index in [9.17, 15) is 40.7 Å². The van der Waals surface area contributed by atoms with Crippen molar-refractivity contribution in [3.05, 3.63) is 83.4 Å². The molecule has 4 aliphatic rings. The largest absolute Gasteiger partial charge is 0.459 e. The fourth-order valence-electron chi connectivity index (χ4n) is 11.3. The number of benzene rings is 2. The van der Waals surface area contributed by atoms with Crippen LogP contribution in [-0.2, 0) is 68.2 Å². The Morgan fingerprint density at radius 3 is 1.62 bits per heavy atom. The summed E-state index contributed by atoms with van der Waals surface area (Å²) in [5.41, 5.74) is -7.18. The smallest absolute Gasteiger partial charge is 0.432 e. The van der Waals surface area contributed by atoms with Gasteiger partial charge in [0.25, 0.3) is 11.2 Å². The van der Waals surface area contributed by atoms with Crippen LogP contribution in [0.25, 0.3) is 0 Å². The van der Waals surface area contributed by atoms with Crippen molar-refractivity contribution < 1.29 is 83.4 Å². The van der Waals surface area contributed by atoms with Gasteiger partial charge in [-0.1, -0.05) is 138 Å². The Hall–Kier alpha value is -4.07. The highest BCUT2D eigenvalue weighted by atomic mass is 19.4. The second-order valence-corrected chi connectivity index (χ2v) is 20.9. The minimum atomic E-state index is -5.14. The molecule has 0 amide bonds. The van der Waals surface area contributed by atoms with E-state index in [0.717, 1.165) is 103 Å². The molecule has 18 heteroatoms. The number of ether oxygens (including phenoxy) is 9. The van der Waals surface area contributed by atoms with E-state index in [1.165, 1.54) is 55.3 Å². The Bertz CT molecular complexity index is 2110. The molecule has 0 spiro atoms. The fourth-order valence-corrected chi connectivity index (χ4v) is 11.3. The first-order valence-corrected chi connectivity index (χ1v) is 27.7. The summed E-state index contributed by atoms with van der Waals surface area (Å²) in [5, 5.41) is 0. The Balaban J connectivity index is 0.951. The summed E-state index contributed by atoms with van der Waals surface area (Å²) in [6.45, 7) is 3.87. The molecule has 426 valence electrons. The van der Waals surface area contributed by atoms with Crippen molar-refractivity contribution in [2.24, 2.45) is 0 Å². The third kappa shape index (κ3) is 15.8. The number of halogens is 6. The zero-order chi connectivity index (χ0) is 54.8. The molecule has 0 N–H and O–H groups in total. The topological polar surface area (TPSA) is 134 Å². The maximum atomic E-state index is 14.9. The Morgan fingerprint density at radius 1 is 0.605 bits per heavy atom. The van der Waals surface area contributed by atoms with Crippen molar-refractivity contribution in [3.8, 4) is 0 Å². The molecule has 4 aliphatic heterocycles. The molecule has 6 rings (SSSR count). The maximum Gasteiger partial charge on any atom is 0.432 e. The van der Waals surface area contributed by atoms with Crippen molar-refractivity contribution >= 4 is 17.9 Å². The quantitative estimate of drug-likeness (QED) is 0.0319. The lowest BCUT2D eigenvalue weighted by Crippen LogP contribution is -2.53. The van der Waals surface area contributed by atoms with E-state index in [-0.39, 0.29) is 61.3 Å². The molecule has 0 aromatic heterocycles. The number of unbranched alkanes of at least 4 members (excludes halogenated alkanes) is 11. The van der Waals surface area contributed by atoms with E-state index in [1.54, 1.807) is 19.1 Å². The first-order valence-electron chi connectivity index (χ1n) is 27.7. The van der Waals surface area contributed by atoms with Crippen LogP contribution in [0.5, 0.6) is 0 Å². The zero-order valence-corrected chi connectivity index (χ0v) is 44.7.